The van der Waals surface area contributed by atoms with Crippen LogP contribution in [0.2, 0.25) is 0 Å². The van der Waals surface area contributed by atoms with Crippen molar-refractivity contribution < 1.29 is 14.3 Å². The Kier molecular flexibility index (Phi) is 6.77. The molecule has 2 aromatic carbocycles. The van der Waals surface area contributed by atoms with Crippen LogP contribution in [0.4, 0.5) is 0 Å². The lowest BCUT2D eigenvalue weighted by Gasteiger charge is -2.11. The van der Waals surface area contributed by atoms with Crippen molar-refractivity contribution in [1.82, 2.24) is 5.32 Å². The van der Waals surface area contributed by atoms with Crippen LogP contribution in [0.25, 0.3) is 0 Å². The summed E-state index contributed by atoms with van der Waals surface area (Å²) in [5.74, 6) is 1.56. The molecule has 1 aliphatic rings. The molecule has 1 amide bonds. The van der Waals surface area contributed by atoms with E-state index >= 15 is 0 Å². The molecule has 132 valence electrons. The van der Waals surface area contributed by atoms with Crippen LogP contribution in [0.1, 0.15) is 23.2 Å². The molecular formula is C20H23NO3S. The van der Waals surface area contributed by atoms with Crippen molar-refractivity contribution in [3.8, 4) is 5.75 Å². The van der Waals surface area contributed by atoms with E-state index in [-0.39, 0.29) is 12.0 Å². The average molecular weight is 357 g/mol. The molecule has 0 spiro atoms. The molecule has 1 heterocycles. The normalized spacial score (nSPS) is 16.6. The number of rotatable bonds is 8. The number of benzene rings is 2. The van der Waals surface area contributed by atoms with Crippen LogP contribution in [0.15, 0.2) is 59.5 Å². The molecule has 0 saturated carbocycles. The fourth-order valence-corrected chi connectivity index (χ4v) is 3.41. The van der Waals surface area contributed by atoms with Gasteiger partial charge in [0.05, 0.1) is 6.10 Å². The topological polar surface area (TPSA) is 47.6 Å². The van der Waals surface area contributed by atoms with Gasteiger partial charge in [-0.1, -0.05) is 18.2 Å². The lowest BCUT2D eigenvalue weighted by atomic mass is 10.2. The van der Waals surface area contributed by atoms with Crippen molar-refractivity contribution in [2.45, 2.75) is 23.8 Å². The van der Waals surface area contributed by atoms with Gasteiger partial charge in [-0.25, -0.2) is 0 Å². The summed E-state index contributed by atoms with van der Waals surface area (Å²) in [5.41, 5.74) is 0.647. The summed E-state index contributed by atoms with van der Waals surface area (Å²) in [6.07, 6.45) is 2.36. The van der Waals surface area contributed by atoms with Gasteiger partial charge in [-0.15, -0.1) is 11.8 Å². The van der Waals surface area contributed by atoms with E-state index in [1.165, 1.54) is 4.90 Å². The smallest absolute Gasteiger partial charge is 0.251 e. The fraction of sp³-hybridized carbons (Fsp3) is 0.350. The van der Waals surface area contributed by atoms with Crippen molar-refractivity contribution in [2.75, 3.05) is 25.5 Å². The summed E-state index contributed by atoms with van der Waals surface area (Å²) in [6.45, 7) is 2.04. The molecule has 2 aromatic rings. The Hall–Kier alpha value is -1.98. The predicted octanol–water partition coefficient (Wildman–Crippen LogP) is 3.77. The average Bonchev–Trinajstić information content (AvgIpc) is 3.18. The lowest BCUT2D eigenvalue weighted by Crippen LogP contribution is -2.25. The van der Waals surface area contributed by atoms with Crippen molar-refractivity contribution in [3.63, 3.8) is 0 Å². The molecule has 25 heavy (non-hydrogen) atoms. The SMILES string of the molecule is O=C(NCCSc1ccccc1)c1ccc(OC[C@@H]2CCCO2)cc1. The summed E-state index contributed by atoms with van der Waals surface area (Å²) >= 11 is 1.73. The highest BCUT2D eigenvalue weighted by Crippen LogP contribution is 2.17. The molecule has 0 unspecified atom stereocenters. The third-order valence-electron chi connectivity index (χ3n) is 3.98. The minimum absolute atomic E-state index is 0.0562. The Morgan fingerprint density at radius 2 is 1.96 bits per heavy atom. The first-order valence-corrected chi connectivity index (χ1v) is 9.60. The predicted molar refractivity (Wildman–Crippen MR) is 100 cm³/mol. The van der Waals surface area contributed by atoms with Crippen LogP contribution < -0.4 is 10.1 Å². The first kappa shape index (κ1) is 17.8. The van der Waals surface area contributed by atoms with Gasteiger partial charge in [0, 0.05) is 29.4 Å². The third-order valence-corrected chi connectivity index (χ3v) is 4.99. The maximum Gasteiger partial charge on any atom is 0.251 e. The van der Waals surface area contributed by atoms with E-state index in [1.807, 2.05) is 30.3 Å². The maximum absolute atomic E-state index is 12.2. The maximum atomic E-state index is 12.2. The largest absolute Gasteiger partial charge is 0.491 e. The summed E-state index contributed by atoms with van der Waals surface area (Å²) in [4.78, 5) is 13.4. The summed E-state index contributed by atoms with van der Waals surface area (Å²) in [5, 5.41) is 2.94. The summed E-state index contributed by atoms with van der Waals surface area (Å²) in [7, 11) is 0. The molecule has 0 radical (unpaired) electrons. The lowest BCUT2D eigenvalue weighted by molar-refractivity contribution is 0.0679. The molecule has 1 atom stereocenters. The molecule has 1 fully saturated rings. The van der Waals surface area contributed by atoms with Crippen molar-refractivity contribution in [3.05, 3.63) is 60.2 Å². The third kappa shape index (κ3) is 5.80. The number of ether oxygens (including phenoxy) is 2. The van der Waals surface area contributed by atoms with E-state index < -0.39 is 0 Å². The van der Waals surface area contributed by atoms with Crippen LogP contribution in [0.3, 0.4) is 0 Å². The standard InChI is InChI=1S/C20H23NO3S/c22-20(21-12-14-25-19-6-2-1-3-7-19)16-8-10-17(11-9-16)24-15-18-5-4-13-23-18/h1-3,6-11,18H,4-5,12-15H2,(H,21,22)/t18-/m0/s1. The van der Waals surface area contributed by atoms with Gasteiger partial charge < -0.3 is 14.8 Å². The Labute approximate surface area is 152 Å². The number of nitrogens with one attached hydrogen (secondary N) is 1. The summed E-state index contributed by atoms with van der Waals surface area (Å²) < 4.78 is 11.2. The highest BCUT2D eigenvalue weighted by Gasteiger charge is 2.16. The summed E-state index contributed by atoms with van der Waals surface area (Å²) in [6, 6.07) is 17.4. The van der Waals surface area contributed by atoms with Gasteiger partial charge in [-0.2, -0.15) is 0 Å². The molecule has 0 aliphatic carbocycles. The Morgan fingerprint density at radius 3 is 2.68 bits per heavy atom. The highest BCUT2D eigenvalue weighted by atomic mass is 32.2. The van der Waals surface area contributed by atoms with Crippen LogP contribution in [0.5, 0.6) is 5.75 Å². The van der Waals surface area contributed by atoms with E-state index in [1.54, 1.807) is 23.9 Å². The van der Waals surface area contributed by atoms with Gasteiger partial charge in [0.1, 0.15) is 12.4 Å². The Bertz CT molecular complexity index is 654. The minimum atomic E-state index is -0.0562. The van der Waals surface area contributed by atoms with Gasteiger partial charge in [0.2, 0.25) is 0 Å². The van der Waals surface area contributed by atoms with Crippen LogP contribution in [0, 0.1) is 0 Å². The van der Waals surface area contributed by atoms with Crippen LogP contribution in [-0.2, 0) is 4.74 Å². The molecular weight excluding hydrogens is 334 g/mol. The zero-order chi connectivity index (χ0) is 17.3. The number of hydrogen-bond acceptors (Lipinski definition) is 4. The number of carbonyl (C=O) groups is 1. The van der Waals surface area contributed by atoms with Gasteiger partial charge in [-0.05, 0) is 49.2 Å². The molecule has 0 aromatic heterocycles. The van der Waals surface area contributed by atoms with Crippen LogP contribution in [-0.4, -0.2) is 37.5 Å². The second-order valence-corrected chi connectivity index (χ2v) is 7.06. The molecule has 4 nitrogen and oxygen atoms in total. The first-order chi connectivity index (χ1) is 12.3. The Morgan fingerprint density at radius 1 is 1.16 bits per heavy atom. The highest BCUT2D eigenvalue weighted by molar-refractivity contribution is 7.99. The van der Waals surface area contributed by atoms with E-state index in [0.29, 0.717) is 18.7 Å². The quantitative estimate of drug-likeness (QED) is 0.577. The van der Waals surface area contributed by atoms with E-state index in [4.69, 9.17) is 9.47 Å². The first-order valence-electron chi connectivity index (χ1n) is 8.62. The van der Waals surface area contributed by atoms with E-state index in [9.17, 15) is 4.79 Å². The number of amides is 1. The number of carbonyl (C=O) groups excluding carboxylic acids is 1. The van der Waals surface area contributed by atoms with Crippen molar-refractivity contribution in [1.29, 1.82) is 0 Å². The zero-order valence-electron chi connectivity index (χ0n) is 14.1. The molecule has 3 rings (SSSR count). The molecule has 5 heteroatoms. The van der Waals surface area contributed by atoms with Crippen molar-refractivity contribution in [2.24, 2.45) is 0 Å². The monoisotopic (exact) mass is 357 g/mol. The molecule has 1 N–H and O–H groups in total. The fourth-order valence-electron chi connectivity index (χ4n) is 2.62. The van der Waals surface area contributed by atoms with Gasteiger partial charge in [0.25, 0.3) is 5.91 Å². The molecule has 1 saturated heterocycles. The molecule has 1 aliphatic heterocycles. The van der Waals surface area contributed by atoms with E-state index in [2.05, 4.69) is 17.4 Å². The second-order valence-electron chi connectivity index (χ2n) is 5.89. The van der Waals surface area contributed by atoms with E-state index in [0.717, 1.165) is 31.0 Å². The zero-order valence-corrected chi connectivity index (χ0v) is 15.0. The van der Waals surface area contributed by atoms with Gasteiger partial charge in [-0.3, -0.25) is 4.79 Å². The molecule has 0 bridgehead atoms. The minimum Gasteiger partial charge on any atom is -0.491 e. The number of hydrogen-bond donors (Lipinski definition) is 1. The van der Waals surface area contributed by atoms with Gasteiger partial charge >= 0.3 is 0 Å². The van der Waals surface area contributed by atoms with Crippen LogP contribution >= 0.6 is 11.8 Å². The number of thioether (sulfide) groups is 1. The second kappa shape index (κ2) is 9.49. The van der Waals surface area contributed by atoms with Crippen molar-refractivity contribution >= 4 is 17.7 Å². The Balaban J connectivity index is 1.38. The van der Waals surface area contributed by atoms with Gasteiger partial charge in [0.15, 0.2) is 0 Å².